The monoisotopic (exact) mass is 386 g/mol. The maximum absolute atomic E-state index is 12.2. The normalized spacial score (nSPS) is 10.2. The summed E-state index contributed by atoms with van der Waals surface area (Å²) in [4.78, 5) is 48.5. The highest BCUT2D eigenvalue weighted by Crippen LogP contribution is 2.34. The van der Waals surface area contributed by atoms with Crippen LogP contribution in [-0.4, -0.2) is 60.8 Å². The first-order valence-electron chi connectivity index (χ1n) is 7.94. The lowest BCUT2D eigenvalue weighted by Gasteiger charge is -2.16. The molecule has 0 bridgehead atoms. The van der Waals surface area contributed by atoms with E-state index in [0.29, 0.717) is 5.56 Å². The number of ether oxygens (including phenoxy) is 2. The van der Waals surface area contributed by atoms with Crippen molar-refractivity contribution < 1.29 is 33.8 Å². The third-order valence-corrected chi connectivity index (χ3v) is 4.50. The molecule has 10 heteroatoms. The maximum Gasteiger partial charge on any atom is 0.348 e. The molecule has 0 aromatic carbocycles. The number of anilines is 1. The Kier molecular flexibility index (Phi) is 8.04. The van der Waals surface area contributed by atoms with Gasteiger partial charge in [-0.25, -0.2) is 14.4 Å². The van der Waals surface area contributed by atoms with Crippen LogP contribution in [0.4, 0.5) is 9.80 Å². The van der Waals surface area contributed by atoms with Gasteiger partial charge in [-0.1, -0.05) is 0 Å². The zero-order valence-electron chi connectivity index (χ0n) is 15.1. The van der Waals surface area contributed by atoms with E-state index < -0.39 is 23.9 Å². The van der Waals surface area contributed by atoms with Crippen LogP contribution in [0.2, 0.25) is 0 Å². The second-order valence-electron chi connectivity index (χ2n) is 5.20. The number of carbonyl (C=O) groups is 4. The van der Waals surface area contributed by atoms with Crippen molar-refractivity contribution in [1.82, 2.24) is 4.90 Å². The lowest BCUT2D eigenvalue weighted by atomic mass is 10.1. The minimum absolute atomic E-state index is 0.00893. The maximum atomic E-state index is 12.2. The number of carbonyl (C=O) groups excluding carboxylic acids is 3. The number of aliphatic carboxylic acids is 1. The van der Waals surface area contributed by atoms with Gasteiger partial charge >= 0.3 is 23.9 Å². The van der Waals surface area contributed by atoms with Crippen molar-refractivity contribution in [3.63, 3.8) is 0 Å². The molecule has 0 aliphatic heterocycles. The lowest BCUT2D eigenvalue weighted by molar-refractivity contribution is -0.137. The summed E-state index contributed by atoms with van der Waals surface area (Å²) in [7, 11) is 1.43. The highest BCUT2D eigenvalue weighted by atomic mass is 32.1. The molecule has 1 heterocycles. The van der Waals surface area contributed by atoms with E-state index in [4.69, 9.17) is 14.6 Å². The van der Waals surface area contributed by atoms with Crippen LogP contribution in [0.3, 0.4) is 0 Å². The first kappa shape index (κ1) is 21.4. The van der Waals surface area contributed by atoms with Crippen LogP contribution < -0.4 is 5.32 Å². The fraction of sp³-hybridized carbons (Fsp3) is 0.500. The van der Waals surface area contributed by atoms with Gasteiger partial charge in [0.2, 0.25) is 0 Å². The zero-order chi connectivity index (χ0) is 19.9. The molecule has 0 atom stereocenters. The van der Waals surface area contributed by atoms with E-state index in [1.807, 2.05) is 0 Å². The van der Waals surface area contributed by atoms with Gasteiger partial charge in [0.25, 0.3) is 0 Å². The van der Waals surface area contributed by atoms with Gasteiger partial charge in [0.1, 0.15) is 9.88 Å². The molecule has 1 aromatic heterocycles. The molecule has 0 unspecified atom stereocenters. The third-order valence-electron chi connectivity index (χ3n) is 3.32. The molecular weight excluding hydrogens is 364 g/mol. The summed E-state index contributed by atoms with van der Waals surface area (Å²) in [5.74, 6) is -2.30. The quantitative estimate of drug-likeness (QED) is 0.658. The van der Waals surface area contributed by atoms with Gasteiger partial charge < -0.3 is 19.5 Å². The predicted molar refractivity (Wildman–Crippen MR) is 94.9 cm³/mol. The Bertz CT molecular complexity index is 699. The molecule has 26 heavy (non-hydrogen) atoms. The summed E-state index contributed by atoms with van der Waals surface area (Å²) in [6, 6.07) is -0.603. The predicted octanol–water partition coefficient (Wildman–Crippen LogP) is 2.35. The van der Waals surface area contributed by atoms with Crippen LogP contribution >= 0.6 is 11.3 Å². The Morgan fingerprint density at radius 1 is 1.12 bits per heavy atom. The lowest BCUT2D eigenvalue weighted by Crippen LogP contribution is -2.33. The van der Waals surface area contributed by atoms with E-state index in [1.54, 1.807) is 20.8 Å². The molecule has 9 nitrogen and oxygen atoms in total. The minimum Gasteiger partial charge on any atom is -0.481 e. The van der Waals surface area contributed by atoms with Gasteiger partial charge in [0.15, 0.2) is 0 Å². The van der Waals surface area contributed by atoms with Crippen LogP contribution in [0.5, 0.6) is 0 Å². The zero-order valence-corrected chi connectivity index (χ0v) is 15.9. The number of hydrogen-bond donors (Lipinski definition) is 2. The van der Waals surface area contributed by atoms with Crippen LogP contribution in [0.1, 0.15) is 45.9 Å². The van der Waals surface area contributed by atoms with Gasteiger partial charge in [0, 0.05) is 13.6 Å². The molecular formula is C16H22N2O7S. The summed E-state index contributed by atoms with van der Waals surface area (Å²) in [5, 5.41) is 11.4. The van der Waals surface area contributed by atoms with Gasteiger partial charge in [-0.15, -0.1) is 11.3 Å². The second-order valence-corrected chi connectivity index (χ2v) is 6.22. The Hall–Kier alpha value is -2.62. The summed E-state index contributed by atoms with van der Waals surface area (Å²) in [6.45, 7) is 5.17. The topological polar surface area (TPSA) is 122 Å². The SMILES string of the molecule is CCOC(=O)c1sc(NC(=O)N(C)CCC(=O)O)c(C(=O)OCC)c1C. The molecule has 0 spiro atoms. The first-order valence-corrected chi connectivity index (χ1v) is 8.76. The Morgan fingerprint density at radius 2 is 1.69 bits per heavy atom. The molecule has 0 fully saturated rings. The van der Waals surface area contributed by atoms with E-state index in [2.05, 4.69) is 5.32 Å². The molecule has 0 aliphatic carbocycles. The summed E-state index contributed by atoms with van der Waals surface area (Å²) in [5.41, 5.74) is 0.440. The van der Waals surface area contributed by atoms with Crippen LogP contribution in [0.25, 0.3) is 0 Å². The highest BCUT2D eigenvalue weighted by molar-refractivity contribution is 7.18. The van der Waals surface area contributed by atoms with E-state index >= 15 is 0 Å². The smallest absolute Gasteiger partial charge is 0.348 e. The summed E-state index contributed by atoms with van der Waals surface area (Å²) in [6.07, 6.45) is -0.216. The van der Waals surface area contributed by atoms with Crippen molar-refractivity contribution in [3.8, 4) is 0 Å². The van der Waals surface area contributed by atoms with E-state index in [-0.39, 0.29) is 41.6 Å². The average molecular weight is 386 g/mol. The van der Waals surface area contributed by atoms with Crippen LogP contribution in [0, 0.1) is 6.92 Å². The van der Waals surface area contributed by atoms with Crippen molar-refractivity contribution in [1.29, 1.82) is 0 Å². The average Bonchev–Trinajstić information content (AvgIpc) is 2.89. The van der Waals surface area contributed by atoms with Crippen molar-refractivity contribution in [2.45, 2.75) is 27.2 Å². The number of nitrogens with one attached hydrogen (secondary N) is 1. The van der Waals surface area contributed by atoms with E-state index in [9.17, 15) is 19.2 Å². The fourth-order valence-corrected chi connectivity index (χ4v) is 3.08. The first-order chi connectivity index (χ1) is 12.2. The Balaban J connectivity index is 3.13. The molecule has 2 amide bonds. The number of carboxylic acids is 1. The van der Waals surface area contributed by atoms with Crippen molar-refractivity contribution in [2.24, 2.45) is 0 Å². The standard InChI is InChI=1S/C16H22N2O7S/c1-5-24-14(21)11-9(3)12(15(22)25-6-2)26-13(11)17-16(23)18(4)8-7-10(19)20/h5-8H2,1-4H3,(H,17,23)(H,19,20). The van der Waals surface area contributed by atoms with Gasteiger partial charge in [0.05, 0.1) is 25.2 Å². The fourth-order valence-electron chi connectivity index (χ4n) is 2.00. The molecule has 0 radical (unpaired) electrons. The number of thiophene rings is 1. The van der Waals surface area contributed by atoms with E-state index in [0.717, 1.165) is 11.3 Å². The number of esters is 2. The molecule has 0 aliphatic rings. The molecule has 2 N–H and O–H groups in total. The molecule has 0 saturated carbocycles. The number of rotatable bonds is 8. The molecule has 1 rings (SSSR count). The second kappa shape index (κ2) is 9.76. The number of amides is 2. The highest BCUT2D eigenvalue weighted by Gasteiger charge is 2.27. The Morgan fingerprint density at radius 3 is 2.23 bits per heavy atom. The summed E-state index contributed by atoms with van der Waals surface area (Å²) >= 11 is 0.908. The van der Waals surface area contributed by atoms with Crippen LogP contribution in [0.15, 0.2) is 0 Å². The molecule has 0 saturated heterocycles. The molecule has 1 aromatic rings. The van der Waals surface area contributed by atoms with Gasteiger partial charge in [-0.3, -0.25) is 10.1 Å². The van der Waals surface area contributed by atoms with E-state index in [1.165, 1.54) is 11.9 Å². The van der Waals surface area contributed by atoms with Crippen molar-refractivity contribution in [3.05, 3.63) is 16.0 Å². The van der Waals surface area contributed by atoms with Crippen molar-refractivity contribution >= 4 is 40.3 Å². The van der Waals surface area contributed by atoms with Crippen LogP contribution in [-0.2, 0) is 14.3 Å². The minimum atomic E-state index is -1.03. The largest absolute Gasteiger partial charge is 0.481 e. The molecule has 144 valence electrons. The number of urea groups is 1. The summed E-state index contributed by atoms with van der Waals surface area (Å²) < 4.78 is 9.96. The number of nitrogens with zero attached hydrogens (tertiary/aromatic N) is 1. The number of hydrogen-bond acceptors (Lipinski definition) is 7. The third kappa shape index (κ3) is 5.45. The van der Waals surface area contributed by atoms with Gasteiger partial charge in [-0.2, -0.15) is 0 Å². The Labute approximate surface area is 154 Å². The van der Waals surface area contributed by atoms with Gasteiger partial charge in [-0.05, 0) is 26.3 Å². The number of carboxylic acid groups (broad SMARTS) is 1. The van der Waals surface area contributed by atoms with Crippen molar-refractivity contribution in [2.75, 3.05) is 32.1 Å².